The fraction of sp³-hybridized carbons (Fsp3) is 0.611. The molecule has 1 aliphatic heterocycles. The first kappa shape index (κ1) is 16.4. The maximum Gasteiger partial charge on any atom is 0.248 e. The largest absolute Gasteiger partial charge is 0.388 e. The van der Waals surface area contributed by atoms with Crippen LogP contribution in [0.15, 0.2) is 24.3 Å². The number of aliphatic hydroxyl groups is 1. The molecule has 0 bridgehead atoms. The smallest absolute Gasteiger partial charge is 0.248 e. The molecule has 0 spiro atoms. The van der Waals surface area contributed by atoms with Gasteiger partial charge in [-0.05, 0) is 55.2 Å². The molecule has 1 amide bonds. The molecule has 126 valence electrons. The lowest BCUT2D eigenvalue weighted by atomic mass is 9.87. The second-order valence-corrected chi connectivity index (χ2v) is 6.67. The van der Waals surface area contributed by atoms with Gasteiger partial charge in [-0.15, -0.1) is 0 Å². The van der Waals surface area contributed by atoms with E-state index >= 15 is 0 Å². The van der Waals surface area contributed by atoms with E-state index in [1.807, 2.05) is 4.90 Å². The van der Waals surface area contributed by atoms with E-state index in [4.69, 9.17) is 4.74 Å². The van der Waals surface area contributed by atoms with Crippen molar-refractivity contribution in [3.05, 3.63) is 35.6 Å². The Bertz CT molecular complexity index is 522. The third kappa shape index (κ3) is 4.52. The zero-order valence-electron chi connectivity index (χ0n) is 13.3. The van der Waals surface area contributed by atoms with E-state index in [1.54, 1.807) is 12.1 Å². The van der Waals surface area contributed by atoms with Gasteiger partial charge < -0.3 is 14.7 Å². The molecule has 3 rings (SSSR count). The van der Waals surface area contributed by atoms with Gasteiger partial charge in [-0.3, -0.25) is 4.79 Å². The average molecular weight is 321 g/mol. The Hall–Kier alpha value is -1.46. The number of piperidine rings is 1. The highest BCUT2D eigenvalue weighted by Crippen LogP contribution is 2.31. The fourth-order valence-corrected chi connectivity index (χ4v) is 3.09. The lowest BCUT2D eigenvalue weighted by molar-refractivity contribution is -0.138. The van der Waals surface area contributed by atoms with E-state index < -0.39 is 6.10 Å². The molecule has 1 aromatic rings. The summed E-state index contributed by atoms with van der Waals surface area (Å²) in [5, 5.41) is 10.4. The van der Waals surface area contributed by atoms with E-state index in [1.165, 1.54) is 25.0 Å². The molecule has 1 atom stereocenters. The summed E-state index contributed by atoms with van der Waals surface area (Å²) in [5.41, 5.74) is 0.740. The number of ether oxygens (including phenoxy) is 1. The minimum Gasteiger partial charge on any atom is -0.388 e. The van der Waals surface area contributed by atoms with E-state index in [9.17, 15) is 14.3 Å². The molecular weight excluding hydrogens is 297 g/mol. The predicted octanol–water partition coefficient (Wildman–Crippen LogP) is 2.52. The predicted molar refractivity (Wildman–Crippen MR) is 84.2 cm³/mol. The maximum atomic E-state index is 13.0. The SMILES string of the molecule is O=C(COCC1CC1)N1CCC(C(O)c2ccc(F)cc2)CC1. The Morgan fingerprint density at radius 1 is 1.22 bits per heavy atom. The second-order valence-electron chi connectivity index (χ2n) is 6.67. The Kier molecular flexibility index (Phi) is 5.28. The lowest BCUT2D eigenvalue weighted by Gasteiger charge is -2.34. The number of benzene rings is 1. The standard InChI is InChI=1S/C18H24FNO3/c19-16-5-3-14(4-6-16)18(22)15-7-9-20(10-8-15)17(21)12-23-11-13-1-2-13/h3-6,13,15,18,22H,1-2,7-12H2. The van der Waals surface area contributed by atoms with Gasteiger partial charge in [0.2, 0.25) is 5.91 Å². The summed E-state index contributed by atoms with van der Waals surface area (Å²) >= 11 is 0. The van der Waals surface area contributed by atoms with Gasteiger partial charge in [0.25, 0.3) is 0 Å². The highest BCUT2D eigenvalue weighted by molar-refractivity contribution is 5.77. The number of likely N-dealkylation sites (tertiary alicyclic amines) is 1. The normalized spacial score (nSPS) is 20.5. The Balaban J connectivity index is 1.43. The Labute approximate surface area is 136 Å². The highest BCUT2D eigenvalue weighted by Gasteiger charge is 2.28. The van der Waals surface area contributed by atoms with Crippen LogP contribution in [0.2, 0.25) is 0 Å². The van der Waals surface area contributed by atoms with Crippen molar-refractivity contribution < 1.29 is 19.0 Å². The van der Waals surface area contributed by atoms with Crippen LogP contribution >= 0.6 is 0 Å². The first-order chi connectivity index (χ1) is 11.1. The number of aliphatic hydroxyl groups excluding tert-OH is 1. The topological polar surface area (TPSA) is 49.8 Å². The van der Waals surface area contributed by atoms with E-state index in [0.29, 0.717) is 25.6 Å². The minimum absolute atomic E-state index is 0.0420. The van der Waals surface area contributed by atoms with Gasteiger partial charge in [-0.2, -0.15) is 0 Å². The van der Waals surface area contributed by atoms with Gasteiger partial charge in [0.15, 0.2) is 0 Å². The molecule has 23 heavy (non-hydrogen) atoms. The van der Waals surface area contributed by atoms with Gasteiger partial charge >= 0.3 is 0 Å². The molecule has 0 aromatic heterocycles. The third-order valence-electron chi connectivity index (χ3n) is 4.83. The number of nitrogens with zero attached hydrogens (tertiary/aromatic N) is 1. The number of rotatable bonds is 6. The summed E-state index contributed by atoms with van der Waals surface area (Å²) < 4.78 is 18.4. The minimum atomic E-state index is -0.598. The van der Waals surface area contributed by atoms with Gasteiger partial charge in [-0.25, -0.2) is 4.39 Å². The molecule has 4 nitrogen and oxygen atoms in total. The number of carbonyl (C=O) groups is 1. The summed E-state index contributed by atoms with van der Waals surface area (Å²) in [4.78, 5) is 13.9. The quantitative estimate of drug-likeness (QED) is 0.876. The van der Waals surface area contributed by atoms with Crippen LogP contribution in [-0.4, -0.2) is 42.2 Å². The fourth-order valence-electron chi connectivity index (χ4n) is 3.09. The monoisotopic (exact) mass is 321 g/mol. The molecular formula is C18H24FNO3. The van der Waals surface area contributed by atoms with E-state index in [-0.39, 0.29) is 24.2 Å². The average Bonchev–Trinajstić information content (AvgIpc) is 3.39. The number of hydrogen-bond acceptors (Lipinski definition) is 3. The van der Waals surface area contributed by atoms with Crippen LogP contribution in [0.4, 0.5) is 4.39 Å². The molecule has 1 saturated heterocycles. The van der Waals surface area contributed by atoms with Crippen LogP contribution in [0, 0.1) is 17.7 Å². The zero-order chi connectivity index (χ0) is 16.2. The van der Waals surface area contributed by atoms with Crippen molar-refractivity contribution >= 4 is 5.91 Å². The van der Waals surface area contributed by atoms with Crippen molar-refractivity contribution in [3.63, 3.8) is 0 Å². The number of carbonyl (C=O) groups excluding carboxylic acids is 1. The molecule has 2 aliphatic rings. The third-order valence-corrected chi connectivity index (χ3v) is 4.83. The van der Waals surface area contributed by atoms with Crippen LogP contribution in [0.5, 0.6) is 0 Å². The van der Waals surface area contributed by atoms with Crippen LogP contribution in [0.25, 0.3) is 0 Å². The van der Waals surface area contributed by atoms with Crippen molar-refractivity contribution in [1.82, 2.24) is 4.90 Å². The van der Waals surface area contributed by atoms with Crippen molar-refractivity contribution in [3.8, 4) is 0 Å². The maximum absolute atomic E-state index is 13.0. The van der Waals surface area contributed by atoms with Crippen LogP contribution in [0.3, 0.4) is 0 Å². The molecule has 1 saturated carbocycles. The van der Waals surface area contributed by atoms with Gasteiger partial charge in [-0.1, -0.05) is 12.1 Å². The number of hydrogen-bond donors (Lipinski definition) is 1. The van der Waals surface area contributed by atoms with Crippen molar-refractivity contribution in [1.29, 1.82) is 0 Å². The Morgan fingerprint density at radius 2 is 1.87 bits per heavy atom. The molecule has 1 N–H and O–H groups in total. The summed E-state index contributed by atoms with van der Waals surface area (Å²) in [6.07, 6.45) is 3.36. The highest BCUT2D eigenvalue weighted by atomic mass is 19.1. The zero-order valence-corrected chi connectivity index (χ0v) is 13.3. The Morgan fingerprint density at radius 3 is 2.48 bits per heavy atom. The molecule has 2 fully saturated rings. The molecule has 1 aromatic carbocycles. The first-order valence-corrected chi connectivity index (χ1v) is 8.42. The van der Waals surface area contributed by atoms with Crippen LogP contribution < -0.4 is 0 Å². The van der Waals surface area contributed by atoms with Crippen molar-refractivity contribution in [2.45, 2.75) is 31.8 Å². The van der Waals surface area contributed by atoms with Gasteiger partial charge in [0.1, 0.15) is 12.4 Å². The first-order valence-electron chi connectivity index (χ1n) is 8.42. The van der Waals surface area contributed by atoms with E-state index in [0.717, 1.165) is 18.4 Å². The summed E-state index contributed by atoms with van der Waals surface area (Å²) in [6.45, 7) is 2.16. The number of halogens is 1. The summed E-state index contributed by atoms with van der Waals surface area (Å²) in [7, 11) is 0. The summed E-state index contributed by atoms with van der Waals surface area (Å²) in [5.74, 6) is 0.518. The molecule has 0 radical (unpaired) electrons. The van der Waals surface area contributed by atoms with Gasteiger partial charge in [0.05, 0.1) is 12.7 Å². The van der Waals surface area contributed by atoms with Crippen LogP contribution in [0.1, 0.15) is 37.4 Å². The number of amides is 1. The van der Waals surface area contributed by atoms with Crippen molar-refractivity contribution in [2.75, 3.05) is 26.3 Å². The second kappa shape index (κ2) is 7.41. The van der Waals surface area contributed by atoms with Crippen LogP contribution in [-0.2, 0) is 9.53 Å². The lowest BCUT2D eigenvalue weighted by Crippen LogP contribution is -2.41. The van der Waals surface area contributed by atoms with E-state index in [2.05, 4.69) is 0 Å². The summed E-state index contributed by atoms with van der Waals surface area (Å²) in [6, 6.07) is 6.00. The molecule has 1 heterocycles. The molecule has 1 unspecified atom stereocenters. The molecule has 1 aliphatic carbocycles. The van der Waals surface area contributed by atoms with Gasteiger partial charge in [0, 0.05) is 13.1 Å². The van der Waals surface area contributed by atoms with Crippen molar-refractivity contribution in [2.24, 2.45) is 11.8 Å². The molecule has 5 heteroatoms.